The Morgan fingerprint density at radius 2 is 1.67 bits per heavy atom. The second-order valence-electron chi connectivity index (χ2n) is 7.14. The molecule has 0 bridgehead atoms. The number of anilines is 1. The van der Waals surface area contributed by atoms with E-state index in [1.54, 1.807) is 12.1 Å². The molecule has 1 aliphatic heterocycles. The van der Waals surface area contributed by atoms with Gasteiger partial charge in [0.1, 0.15) is 5.82 Å². The highest BCUT2D eigenvalue weighted by Crippen LogP contribution is 2.31. The fraction of sp³-hybridized carbons (Fsp3) is 0.174. The normalized spacial score (nSPS) is 13.6. The standard InChI is InChI=1S/C23H21FN2O3S/c24-20-11-7-17(8-12-20)16-25-23(27)19-9-13-21(14-10-19)30(28,29)26-15-3-5-18-4-1-2-6-22(18)26/h1-2,4,6-14H,3,5,15-16H2,(H,25,27). The van der Waals surface area contributed by atoms with E-state index in [2.05, 4.69) is 5.32 Å². The van der Waals surface area contributed by atoms with Crippen LogP contribution in [0.25, 0.3) is 0 Å². The number of carbonyl (C=O) groups excluding carboxylic acids is 1. The van der Waals surface area contributed by atoms with Gasteiger partial charge in [-0.15, -0.1) is 0 Å². The number of nitrogens with zero attached hydrogens (tertiary/aromatic N) is 1. The van der Waals surface area contributed by atoms with Gasteiger partial charge >= 0.3 is 0 Å². The van der Waals surface area contributed by atoms with Crippen LogP contribution in [0.3, 0.4) is 0 Å². The third-order valence-electron chi connectivity index (χ3n) is 5.14. The molecule has 154 valence electrons. The number of nitrogens with one attached hydrogen (secondary N) is 1. The lowest BCUT2D eigenvalue weighted by molar-refractivity contribution is 0.0951. The Morgan fingerprint density at radius 3 is 2.40 bits per heavy atom. The van der Waals surface area contributed by atoms with Gasteiger partial charge in [0.05, 0.1) is 10.6 Å². The second kappa shape index (κ2) is 8.28. The number of benzene rings is 3. The van der Waals surface area contributed by atoms with Crippen LogP contribution >= 0.6 is 0 Å². The smallest absolute Gasteiger partial charge is 0.264 e. The molecule has 1 heterocycles. The molecule has 0 spiro atoms. The van der Waals surface area contributed by atoms with E-state index < -0.39 is 10.0 Å². The van der Waals surface area contributed by atoms with E-state index in [1.807, 2.05) is 24.3 Å². The lowest BCUT2D eigenvalue weighted by atomic mass is 10.0. The SMILES string of the molecule is O=C(NCc1ccc(F)cc1)c1ccc(S(=O)(=O)N2CCCc3ccccc32)cc1. The molecular weight excluding hydrogens is 403 g/mol. The molecule has 30 heavy (non-hydrogen) atoms. The molecule has 7 heteroatoms. The van der Waals surface area contributed by atoms with Crippen molar-refractivity contribution < 1.29 is 17.6 Å². The molecule has 0 saturated heterocycles. The highest BCUT2D eigenvalue weighted by atomic mass is 32.2. The summed E-state index contributed by atoms with van der Waals surface area (Å²) in [6.45, 7) is 0.684. The van der Waals surface area contributed by atoms with Crippen molar-refractivity contribution >= 4 is 21.6 Å². The first kappa shape index (κ1) is 20.1. The van der Waals surface area contributed by atoms with E-state index in [0.29, 0.717) is 17.8 Å². The molecule has 3 aromatic carbocycles. The fourth-order valence-electron chi connectivity index (χ4n) is 3.54. The maximum absolute atomic E-state index is 13.2. The van der Waals surface area contributed by atoms with Crippen molar-refractivity contribution in [3.8, 4) is 0 Å². The second-order valence-corrected chi connectivity index (χ2v) is 9.01. The van der Waals surface area contributed by atoms with Gasteiger partial charge in [-0.05, 0) is 66.4 Å². The van der Waals surface area contributed by atoms with Crippen molar-refractivity contribution in [3.05, 3.63) is 95.3 Å². The van der Waals surface area contributed by atoms with E-state index in [1.165, 1.54) is 40.7 Å². The lowest BCUT2D eigenvalue weighted by Crippen LogP contribution is -2.35. The topological polar surface area (TPSA) is 66.5 Å². The molecule has 1 amide bonds. The molecule has 0 radical (unpaired) electrons. The van der Waals surface area contributed by atoms with E-state index in [4.69, 9.17) is 0 Å². The van der Waals surface area contributed by atoms with E-state index in [0.717, 1.165) is 24.0 Å². The van der Waals surface area contributed by atoms with Gasteiger partial charge < -0.3 is 5.32 Å². The minimum Gasteiger partial charge on any atom is -0.348 e. The van der Waals surface area contributed by atoms with Crippen LogP contribution in [0.1, 0.15) is 27.9 Å². The van der Waals surface area contributed by atoms with Crippen LogP contribution in [0.5, 0.6) is 0 Å². The van der Waals surface area contributed by atoms with Crippen LogP contribution in [0.2, 0.25) is 0 Å². The van der Waals surface area contributed by atoms with Crippen molar-refractivity contribution in [1.82, 2.24) is 5.32 Å². The number of fused-ring (bicyclic) bond motifs is 1. The number of halogens is 1. The lowest BCUT2D eigenvalue weighted by Gasteiger charge is -2.30. The molecule has 0 aliphatic carbocycles. The minimum atomic E-state index is -3.71. The summed E-state index contributed by atoms with van der Waals surface area (Å²) in [4.78, 5) is 12.5. The quantitative estimate of drug-likeness (QED) is 0.676. The molecule has 0 atom stereocenters. The molecule has 0 fully saturated rings. The van der Waals surface area contributed by atoms with Crippen LogP contribution < -0.4 is 9.62 Å². The van der Waals surface area contributed by atoms with Crippen LogP contribution in [-0.2, 0) is 23.0 Å². The summed E-state index contributed by atoms with van der Waals surface area (Å²) in [5.41, 5.74) is 2.86. The van der Waals surface area contributed by atoms with E-state index >= 15 is 0 Å². The Bertz CT molecular complexity index is 1160. The van der Waals surface area contributed by atoms with Gasteiger partial charge in [0.2, 0.25) is 0 Å². The third-order valence-corrected chi connectivity index (χ3v) is 6.97. The number of carbonyl (C=O) groups is 1. The molecular formula is C23H21FN2O3S. The molecule has 5 nitrogen and oxygen atoms in total. The zero-order chi connectivity index (χ0) is 21.1. The van der Waals surface area contributed by atoms with Gasteiger partial charge in [-0.1, -0.05) is 30.3 Å². The number of rotatable bonds is 5. The summed E-state index contributed by atoms with van der Waals surface area (Å²) in [6.07, 6.45) is 1.62. The molecule has 1 N–H and O–H groups in total. The Hall–Kier alpha value is -3.19. The monoisotopic (exact) mass is 424 g/mol. The Morgan fingerprint density at radius 1 is 0.967 bits per heavy atom. The summed E-state index contributed by atoms with van der Waals surface area (Å²) in [7, 11) is -3.71. The van der Waals surface area contributed by atoms with Gasteiger partial charge in [0, 0.05) is 18.7 Å². The zero-order valence-corrected chi connectivity index (χ0v) is 17.0. The average molecular weight is 424 g/mol. The van der Waals surface area contributed by atoms with E-state index in [9.17, 15) is 17.6 Å². The highest BCUT2D eigenvalue weighted by Gasteiger charge is 2.28. The minimum absolute atomic E-state index is 0.147. The van der Waals surface area contributed by atoms with Crippen molar-refractivity contribution in [2.45, 2.75) is 24.3 Å². The van der Waals surface area contributed by atoms with Gasteiger partial charge in [0.15, 0.2) is 0 Å². The molecule has 0 aromatic heterocycles. The van der Waals surface area contributed by atoms with Crippen LogP contribution in [0.15, 0.2) is 77.7 Å². The number of aryl methyl sites for hydroxylation is 1. The van der Waals surface area contributed by atoms with Crippen molar-refractivity contribution in [2.75, 3.05) is 10.8 Å². The predicted octanol–water partition coefficient (Wildman–Crippen LogP) is 3.90. The predicted molar refractivity (Wildman–Crippen MR) is 113 cm³/mol. The first-order valence-electron chi connectivity index (χ1n) is 9.68. The van der Waals surface area contributed by atoms with Gasteiger partial charge in [0.25, 0.3) is 15.9 Å². The first-order chi connectivity index (χ1) is 14.4. The highest BCUT2D eigenvalue weighted by molar-refractivity contribution is 7.92. The summed E-state index contributed by atoms with van der Waals surface area (Å²) in [6, 6.07) is 19.3. The van der Waals surface area contributed by atoms with E-state index in [-0.39, 0.29) is 23.2 Å². The van der Waals surface area contributed by atoms with Gasteiger partial charge in [-0.3, -0.25) is 9.10 Å². The number of amides is 1. The summed E-state index contributed by atoms with van der Waals surface area (Å²) < 4.78 is 40.7. The number of hydrogen-bond acceptors (Lipinski definition) is 3. The van der Waals surface area contributed by atoms with Gasteiger partial charge in [-0.25, -0.2) is 12.8 Å². The van der Waals surface area contributed by atoms with Crippen molar-refractivity contribution in [3.63, 3.8) is 0 Å². The van der Waals surface area contributed by atoms with Crippen LogP contribution in [0, 0.1) is 5.82 Å². The maximum atomic E-state index is 13.2. The Balaban J connectivity index is 1.49. The summed E-state index contributed by atoms with van der Waals surface area (Å²) >= 11 is 0. The largest absolute Gasteiger partial charge is 0.348 e. The summed E-state index contributed by atoms with van der Waals surface area (Å²) in [5.74, 6) is -0.662. The molecule has 4 rings (SSSR count). The number of sulfonamides is 1. The Labute approximate surface area is 175 Å². The fourth-order valence-corrected chi connectivity index (χ4v) is 5.08. The van der Waals surface area contributed by atoms with Crippen LogP contribution in [0.4, 0.5) is 10.1 Å². The molecule has 3 aromatic rings. The average Bonchev–Trinajstić information content (AvgIpc) is 2.78. The summed E-state index contributed by atoms with van der Waals surface area (Å²) in [5, 5.41) is 2.75. The van der Waals surface area contributed by atoms with Gasteiger partial charge in [-0.2, -0.15) is 0 Å². The third kappa shape index (κ3) is 4.07. The number of para-hydroxylation sites is 1. The molecule has 0 unspecified atom stereocenters. The molecule has 1 aliphatic rings. The van der Waals surface area contributed by atoms with Crippen molar-refractivity contribution in [1.29, 1.82) is 0 Å². The Kier molecular flexibility index (Phi) is 5.55. The zero-order valence-electron chi connectivity index (χ0n) is 16.2. The molecule has 0 saturated carbocycles. The van der Waals surface area contributed by atoms with Crippen molar-refractivity contribution in [2.24, 2.45) is 0 Å². The maximum Gasteiger partial charge on any atom is 0.264 e. The number of hydrogen-bond donors (Lipinski definition) is 1. The van der Waals surface area contributed by atoms with Crippen LogP contribution in [-0.4, -0.2) is 20.9 Å². The first-order valence-corrected chi connectivity index (χ1v) is 11.1.